The quantitative estimate of drug-likeness (QED) is 0.858. The van der Waals surface area contributed by atoms with Gasteiger partial charge in [-0.25, -0.2) is 4.98 Å². The summed E-state index contributed by atoms with van der Waals surface area (Å²) in [7, 11) is 0. The zero-order valence-corrected chi connectivity index (χ0v) is 11.9. The third kappa shape index (κ3) is 2.67. The number of aromatic nitrogens is 2. The first-order valence-electron chi connectivity index (χ1n) is 6.98. The van der Waals surface area contributed by atoms with Crippen molar-refractivity contribution in [3.8, 4) is 5.75 Å². The minimum atomic E-state index is 0.131. The van der Waals surface area contributed by atoms with Gasteiger partial charge in [0.25, 0.3) is 0 Å². The topological polar surface area (TPSA) is 47.5 Å². The Morgan fingerprint density at radius 2 is 2.10 bits per heavy atom. The molecular weight excluding hydrogens is 254 g/mol. The van der Waals surface area contributed by atoms with Crippen LogP contribution in [0.3, 0.4) is 0 Å². The molecule has 0 radical (unpaired) electrons. The number of hydrogen-bond acceptors (Lipinski definition) is 5. The van der Waals surface area contributed by atoms with Crippen molar-refractivity contribution in [3.63, 3.8) is 0 Å². The second-order valence-corrected chi connectivity index (χ2v) is 5.14. The Hall–Kier alpha value is -1.88. The van der Waals surface area contributed by atoms with Crippen molar-refractivity contribution >= 4 is 16.7 Å². The van der Waals surface area contributed by atoms with Crippen LogP contribution < -0.4 is 9.64 Å². The van der Waals surface area contributed by atoms with Gasteiger partial charge in [0.15, 0.2) is 0 Å². The maximum Gasteiger partial charge on any atom is 0.133 e. The van der Waals surface area contributed by atoms with Crippen molar-refractivity contribution in [1.82, 2.24) is 9.97 Å². The SMILES string of the molecule is CC(C)Oc1cc(N2CCOCC2)nc2cnccc12. The molecule has 0 spiro atoms. The van der Waals surface area contributed by atoms with Crippen molar-refractivity contribution in [2.45, 2.75) is 20.0 Å². The van der Waals surface area contributed by atoms with Gasteiger partial charge in [-0.05, 0) is 19.9 Å². The summed E-state index contributed by atoms with van der Waals surface area (Å²) in [6.07, 6.45) is 3.68. The van der Waals surface area contributed by atoms with E-state index in [1.807, 2.05) is 26.0 Å². The maximum absolute atomic E-state index is 5.93. The number of nitrogens with zero attached hydrogens (tertiary/aromatic N) is 3. The van der Waals surface area contributed by atoms with Gasteiger partial charge in [0.05, 0.1) is 31.0 Å². The first-order valence-corrected chi connectivity index (χ1v) is 6.98. The Morgan fingerprint density at radius 3 is 2.85 bits per heavy atom. The molecular formula is C15H19N3O2. The highest BCUT2D eigenvalue weighted by Gasteiger charge is 2.16. The molecule has 0 aromatic carbocycles. The molecule has 20 heavy (non-hydrogen) atoms. The van der Waals surface area contributed by atoms with Gasteiger partial charge in [0.2, 0.25) is 0 Å². The zero-order valence-electron chi connectivity index (χ0n) is 11.9. The van der Waals surface area contributed by atoms with Crippen molar-refractivity contribution in [2.75, 3.05) is 31.2 Å². The molecule has 0 unspecified atom stereocenters. The smallest absolute Gasteiger partial charge is 0.133 e. The van der Waals surface area contributed by atoms with Crippen LogP contribution in [-0.2, 0) is 4.74 Å². The summed E-state index contributed by atoms with van der Waals surface area (Å²) in [5.74, 6) is 1.80. The van der Waals surface area contributed by atoms with Crippen molar-refractivity contribution < 1.29 is 9.47 Å². The monoisotopic (exact) mass is 273 g/mol. The normalized spacial score (nSPS) is 15.8. The van der Waals surface area contributed by atoms with Gasteiger partial charge in [-0.3, -0.25) is 4.98 Å². The molecule has 3 heterocycles. The van der Waals surface area contributed by atoms with Crippen LogP contribution in [0, 0.1) is 0 Å². The van der Waals surface area contributed by atoms with Gasteiger partial charge in [-0.2, -0.15) is 0 Å². The number of ether oxygens (including phenoxy) is 2. The highest BCUT2D eigenvalue weighted by Crippen LogP contribution is 2.29. The standard InChI is InChI=1S/C15H19N3O2/c1-11(2)20-14-9-15(18-5-7-19-8-6-18)17-13-10-16-4-3-12(13)14/h3-4,9-11H,5-8H2,1-2H3. The van der Waals surface area contributed by atoms with Crippen LogP contribution in [0.25, 0.3) is 10.9 Å². The lowest BCUT2D eigenvalue weighted by molar-refractivity contribution is 0.122. The predicted molar refractivity (Wildman–Crippen MR) is 78.3 cm³/mol. The largest absolute Gasteiger partial charge is 0.490 e. The molecule has 0 bridgehead atoms. The minimum Gasteiger partial charge on any atom is -0.490 e. The van der Waals surface area contributed by atoms with Crippen molar-refractivity contribution in [3.05, 3.63) is 24.5 Å². The summed E-state index contributed by atoms with van der Waals surface area (Å²) < 4.78 is 11.3. The molecule has 0 aliphatic carbocycles. The number of pyridine rings is 2. The average molecular weight is 273 g/mol. The molecule has 0 saturated carbocycles. The Kier molecular flexibility index (Phi) is 3.69. The van der Waals surface area contributed by atoms with Crippen LogP contribution >= 0.6 is 0 Å². The lowest BCUT2D eigenvalue weighted by Gasteiger charge is -2.28. The van der Waals surface area contributed by atoms with Crippen LogP contribution in [-0.4, -0.2) is 42.4 Å². The lowest BCUT2D eigenvalue weighted by Crippen LogP contribution is -2.36. The molecule has 2 aromatic heterocycles. The highest BCUT2D eigenvalue weighted by molar-refractivity contribution is 5.86. The second-order valence-electron chi connectivity index (χ2n) is 5.14. The molecule has 5 heteroatoms. The second kappa shape index (κ2) is 5.63. The van der Waals surface area contributed by atoms with E-state index in [-0.39, 0.29) is 6.10 Å². The van der Waals surface area contributed by atoms with E-state index < -0.39 is 0 Å². The molecule has 5 nitrogen and oxygen atoms in total. The molecule has 106 valence electrons. The minimum absolute atomic E-state index is 0.131. The summed E-state index contributed by atoms with van der Waals surface area (Å²) in [5.41, 5.74) is 0.868. The van der Waals surface area contributed by atoms with Crippen LogP contribution in [0.1, 0.15) is 13.8 Å². The number of rotatable bonds is 3. The van der Waals surface area contributed by atoms with E-state index in [4.69, 9.17) is 14.5 Å². The number of morpholine rings is 1. The van der Waals surface area contributed by atoms with Crippen molar-refractivity contribution in [2.24, 2.45) is 0 Å². The Balaban J connectivity index is 2.04. The third-order valence-corrected chi connectivity index (χ3v) is 3.26. The molecule has 1 aliphatic heterocycles. The summed E-state index contributed by atoms with van der Waals surface area (Å²) in [6, 6.07) is 3.97. The van der Waals surface area contributed by atoms with E-state index in [9.17, 15) is 0 Å². The van der Waals surface area contributed by atoms with Gasteiger partial charge < -0.3 is 14.4 Å². The van der Waals surface area contributed by atoms with Crippen LogP contribution in [0.5, 0.6) is 5.75 Å². The van der Waals surface area contributed by atoms with Crippen LogP contribution in [0.4, 0.5) is 5.82 Å². The molecule has 1 fully saturated rings. The average Bonchev–Trinajstić information content (AvgIpc) is 2.47. The first kappa shape index (κ1) is 13.1. The Bertz CT molecular complexity index is 595. The first-order chi connectivity index (χ1) is 9.74. The van der Waals surface area contributed by atoms with E-state index in [1.54, 1.807) is 12.4 Å². The number of anilines is 1. The number of hydrogen-bond donors (Lipinski definition) is 0. The lowest BCUT2D eigenvalue weighted by atomic mass is 10.2. The van der Waals surface area contributed by atoms with E-state index >= 15 is 0 Å². The summed E-state index contributed by atoms with van der Waals surface area (Å²) >= 11 is 0. The van der Waals surface area contributed by atoms with Gasteiger partial charge in [0.1, 0.15) is 11.6 Å². The molecule has 3 rings (SSSR count). The molecule has 0 atom stereocenters. The Labute approximate surface area is 118 Å². The number of fused-ring (bicyclic) bond motifs is 1. The summed E-state index contributed by atoms with van der Waals surface area (Å²) in [6.45, 7) is 7.27. The predicted octanol–water partition coefficient (Wildman–Crippen LogP) is 2.25. The fourth-order valence-corrected chi connectivity index (χ4v) is 2.34. The van der Waals surface area contributed by atoms with Crippen molar-refractivity contribution in [1.29, 1.82) is 0 Å². The van der Waals surface area contributed by atoms with Crippen LogP contribution in [0.15, 0.2) is 24.5 Å². The molecule has 0 N–H and O–H groups in total. The summed E-state index contributed by atoms with van der Waals surface area (Å²) in [5, 5.41) is 1.01. The summed E-state index contributed by atoms with van der Waals surface area (Å²) in [4.78, 5) is 11.1. The van der Waals surface area contributed by atoms with Gasteiger partial charge in [-0.15, -0.1) is 0 Å². The zero-order chi connectivity index (χ0) is 13.9. The third-order valence-electron chi connectivity index (χ3n) is 3.26. The van der Waals surface area contributed by atoms with Gasteiger partial charge in [-0.1, -0.05) is 0 Å². The van der Waals surface area contributed by atoms with E-state index in [0.29, 0.717) is 0 Å². The van der Waals surface area contributed by atoms with E-state index in [0.717, 1.165) is 48.8 Å². The van der Waals surface area contributed by atoms with Crippen LogP contribution in [0.2, 0.25) is 0 Å². The fraction of sp³-hybridized carbons (Fsp3) is 0.467. The maximum atomic E-state index is 5.93. The van der Waals surface area contributed by atoms with E-state index in [1.165, 1.54) is 0 Å². The molecule has 1 saturated heterocycles. The van der Waals surface area contributed by atoms with E-state index in [2.05, 4.69) is 9.88 Å². The van der Waals surface area contributed by atoms with Gasteiger partial charge in [0, 0.05) is 30.7 Å². The molecule has 0 amide bonds. The molecule has 2 aromatic rings. The van der Waals surface area contributed by atoms with Gasteiger partial charge >= 0.3 is 0 Å². The Morgan fingerprint density at radius 1 is 1.30 bits per heavy atom. The highest BCUT2D eigenvalue weighted by atomic mass is 16.5. The molecule has 1 aliphatic rings. The fourth-order valence-electron chi connectivity index (χ4n) is 2.34.